The predicted octanol–water partition coefficient (Wildman–Crippen LogP) is 3.12. The number of pyridine rings is 1. The lowest BCUT2D eigenvalue weighted by atomic mass is 10.1. The highest BCUT2D eigenvalue weighted by atomic mass is 35.5. The van der Waals surface area contributed by atoms with Crippen molar-refractivity contribution in [1.29, 1.82) is 0 Å². The number of benzene rings is 1. The van der Waals surface area contributed by atoms with E-state index in [-0.39, 0.29) is 11.9 Å². The van der Waals surface area contributed by atoms with Gasteiger partial charge in [-0.1, -0.05) is 16.8 Å². The van der Waals surface area contributed by atoms with E-state index < -0.39 is 5.82 Å². The zero-order chi connectivity index (χ0) is 20.4. The van der Waals surface area contributed by atoms with E-state index in [9.17, 15) is 4.39 Å². The number of ether oxygens (including phenoxy) is 1. The van der Waals surface area contributed by atoms with Crippen LogP contribution in [0.15, 0.2) is 47.9 Å². The van der Waals surface area contributed by atoms with Crippen molar-refractivity contribution in [2.75, 3.05) is 13.2 Å². The fourth-order valence-electron chi connectivity index (χ4n) is 3.47. The van der Waals surface area contributed by atoms with Crippen LogP contribution in [0.1, 0.15) is 24.0 Å². The van der Waals surface area contributed by atoms with Crippen LogP contribution in [0.5, 0.6) is 0 Å². The van der Waals surface area contributed by atoms with E-state index in [1.54, 1.807) is 6.07 Å². The lowest BCUT2D eigenvalue weighted by molar-refractivity contribution is -0.644. The maximum atomic E-state index is 14.9. The third-order valence-corrected chi connectivity index (χ3v) is 5.50. The Morgan fingerprint density at radius 3 is 2.93 bits per heavy atom. The predicted molar refractivity (Wildman–Crippen MR) is 109 cm³/mol. The summed E-state index contributed by atoms with van der Waals surface area (Å²) in [6, 6.07) is 8.91. The quantitative estimate of drug-likeness (QED) is 0.300. The number of aromatic nitrogens is 2. The fourth-order valence-corrected chi connectivity index (χ4v) is 3.74. The van der Waals surface area contributed by atoms with Gasteiger partial charge in [0.1, 0.15) is 24.5 Å². The Hall–Kier alpha value is -2.64. The van der Waals surface area contributed by atoms with Crippen LogP contribution in [-0.4, -0.2) is 29.7 Å². The van der Waals surface area contributed by atoms with Gasteiger partial charge in [-0.15, -0.1) is 0 Å². The van der Waals surface area contributed by atoms with Gasteiger partial charge >= 0.3 is 0 Å². The molecule has 1 aromatic carbocycles. The molecule has 6 nitrogen and oxygen atoms in total. The number of oxime groups is 1. The third kappa shape index (κ3) is 4.21. The first-order valence-electron chi connectivity index (χ1n) is 9.52. The minimum absolute atomic E-state index is 0.0368. The largest absolute Gasteiger partial charge is 0.391 e. The second-order valence-corrected chi connectivity index (χ2v) is 7.55. The number of halogens is 2. The summed E-state index contributed by atoms with van der Waals surface area (Å²) in [7, 11) is 1.97. The van der Waals surface area contributed by atoms with E-state index in [1.807, 2.05) is 46.8 Å². The van der Waals surface area contributed by atoms with Crippen molar-refractivity contribution in [3.05, 3.63) is 64.7 Å². The average Bonchev–Trinajstić information content (AvgIpc) is 3.14. The minimum atomic E-state index is -0.432. The van der Waals surface area contributed by atoms with Crippen molar-refractivity contribution in [2.24, 2.45) is 17.9 Å². The molecule has 8 heteroatoms. The molecule has 1 saturated heterocycles. The Balaban J connectivity index is 1.55. The van der Waals surface area contributed by atoms with E-state index in [0.29, 0.717) is 35.9 Å². The van der Waals surface area contributed by atoms with Gasteiger partial charge in [-0.05, 0) is 18.2 Å². The van der Waals surface area contributed by atoms with Crippen LogP contribution < -0.4 is 10.3 Å². The first-order valence-corrected chi connectivity index (χ1v) is 9.89. The number of hydrogen-bond acceptors (Lipinski definition) is 3. The molecular weight excluding hydrogens is 395 g/mol. The number of amidine groups is 1. The molecule has 0 saturated carbocycles. The maximum absolute atomic E-state index is 14.9. The van der Waals surface area contributed by atoms with Crippen molar-refractivity contribution in [2.45, 2.75) is 25.5 Å². The highest BCUT2D eigenvalue weighted by Gasteiger charge is 2.17. The van der Waals surface area contributed by atoms with E-state index in [1.165, 1.54) is 6.07 Å². The second-order valence-electron chi connectivity index (χ2n) is 7.15. The van der Waals surface area contributed by atoms with E-state index in [2.05, 4.69) is 5.16 Å². The second kappa shape index (κ2) is 8.39. The molecular formula is C21H23ClFN4O2+. The number of rotatable bonds is 5. The van der Waals surface area contributed by atoms with Crippen LogP contribution in [0.25, 0.3) is 11.0 Å². The normalized spacial score (nSPS) is 15.8. The molecule has 1 aliphatic rings. The Kier molecular flexibility index (Phi) is 5.69. The molecule has 2 N–H and O–H groups in total. The first kappa shape index (κ1) is 19.7. The Morgan fingerprint density at radius 1 is 1.38 bits per heavy atom. The monoisotopic (exact) mass is 417 g/mol. The van der Waals surface area contributed by atoms with Gasteiger partial charge in [0.05, 0.1) is 19.8 Å². The number of fused-ring (bicyclic) bond motifs is 1. The highest BCUT2D eigenvalue weighted by molar-refractivity contribution is 6.31. The van der Waals surface area contributed by atoms with Crippen molar-refractivity contribution < 1.29 is 18.5 Å². The van der Waals surface area contributed by atoms with Crippen molar-refractivity contribution in [1.82, 2.24) is 4.57 Å². The molecule has 152 valence electrons. The first-order chi connectivity index (χ1) is 14.0. The summed E-state index contributed by atoms with van der Waals surface area (Å²) in [6.07, 6.45) is 5.37. The molecule has 0 unspecified atom stereocenters. The summed E-state index contributed by atoms with van der Waals surface area (Å²) in [5.41, 5.74) is 8.84. The molecule has 0 amide bonds. The van der Waals surface area contributed by atoms with Crippen LogP contribution in [0.2, 0.25) is 5.02 Å². The molecule has 0 bridgehead atoms. The molecule has 3 aromatic rings. The summed E-state index contributed by atoms with van der Waals surface area (Å²) in [6.45, 7) is 1.59. The summed E-state index contributed by atoms with van der Waals surface area (Å²) in [5, 5.41) is 4.26. The molecule has 29 heavy (non-hydrogen) atoms. The highest BCUT2D eigenvalue weighted by Crippen LogP contribution is 2.24. The van der Waals surface area contributed by atoms with E-state index in [4.69, 9.17) is 26.9 Å². The zero-order valence-electron chi connectivity index (χ0n) is 16.1. The lowest BCUT2D eigenvalue weighted by Crippen LogP contribution is -2.27. The van der Waals surface area contributed by atoms with Gasteiger partial charge in [-0.25, -0.2) is 4.39 Å². The van der Waals surface area contributed by atoms with Crippen molar-refractivity contribution in [3.8, 4) is 0 Å². The Labute approximate surface area is 173 Å². The van der Waals surface area contributed by atoms with Gasteiger partial charge in [0.2, 0.25) is 5.52 Å². The summed E-state index contributed by atoms with van der Waals surface area (Å²) < 4.78 is 24.1. The number of nitrogens with two attached hydrogens (primary N) is 1. The fraction of sp³-hybridized carbons (Fsp3) is 0.333. The van der Waals surface area contributed by atoms with Crippen molar-refractivity contribution in [3.63, 3.8) is 0 Å². The van der Waals surface area contributed by atoms with Gasteiger partial charge in [-0.3, -0.25) is 0 Å². The summed E-state index contributed by atoms with van der Waals surface area (Å²) >= 11 is 6.40. The third-order valence-electron chi connectivity index (χ3n) is 5.16. The molecule has 3 heterocycles. The van der Waals surface area contributed by atoms with Crippen molar-refractivity contribution >= 4 is 28.5 Å². The number of nitrogens with zero attached hydrogens (tertiary/aromatic N) is 3. The summed E-state index contributed by atoms with van der Waals surface area (Å²) in [4.78, 5) is 5.46. The van der Waals surface area contributed by atoms with Gasteiger partial charge in [0.25, 0.3) is 0 Å². The molecule has 0 spiro atoms. The van der Waals surface area contributed by atoms with Gasteiger partial charge in [0, 0.05) is 47.3 Å². The molecule has 2 aromatic heterocycles. The van der Waals surface area contributed by atoms with Crippen LogP contribution >= 0.6 is 11.6 Å². The van der Waals surface area contributed by atoms with Crippen LogP contribution in [-0.2, 0) is 23.2 Å². The van der Waals surface area contributed by atoms with Gasteiger partial charge in [-0.2, -0.15) is 4.57 Å². The lowest BCUT2D eigenvalue weighted by Gasteiger charge is -2.20. The standard InChI is InChI=1S/C21H23ClFN4O2/c1-26-7-2-3-20-19(26)4-8-27(20)13-16-17(22)11-14(12-18(16)23)21(24)25-29-15-5-9-28-10-6-15/h2-4,7-8,11-12,15H,5-6,9-10,13H2,1H3,(H2,24,25)/q+1. The van der Waals surface area contributed by atoms with Gasteiger partial charge in [0.15, 0.2) is 12.0 Å². The number of hydrogen-bond donors (Lipinski definition) is 1. The van der Waals surface area contributed by atoms with Crippen LogP contribution in [0.4, 0.5) is 4.39 Å². The smallest absolute Gasteiger partial charge is 0.230 e. The molecule has 4 rings (SSSR count). The number of aryl methyl sites for hydroxylation is 1. The zero-order valence-corrected chi connectivity index (χ0v) is 16.9. The molecule has 0 aliphatic carbocycles. The molecule has 0 atom stereocenters. The van der Waals surface area contributed by atoms with Crippen LogP contribution in [0, 0.1) is 5.82 Å². The molecule has 0 radical (unpaired) electrons. The Bertz CT molecular complexity index is 1040. The minimum Gasteiger partial charge on any atom is -0.391 e. The maximum Gasteiger partial charge on any atom is 0.230 e. The van der Waals surface area contributed by atoms with Crippen LogP contribution in [0.3, 0.4) is 0 Å². The van der Waals surface area contributed by atoms with Gasteiger partial charge < -0.3 is 19.9 Å². The summed E-state index contributed by atoms with van der Waals surface area (Å²) in [5.74, 6) is -0.332. The molecule has 1 aliphatic heterocycles. The topological polar surface area (TPSA) is 65.7 Å². The Morgan fingerprint density at radius 2 is 2.17 bits per heavy atom. The van der Waals surface area contributed by atoms with E-state index in [0.717, 1.165) is 23.9 Å². The van der Waals surface area contributed by atoms with E-state index >= 15 is 0 Å². The average molecular weight is 418 g/mol. The SMILES string of the molecule is C[n+]1cccc2c1ccn2Cc1c(F)cc(C(N)=NOC2CCOCC2)cc1Cl. The molecule has 1 fully saturated rings.